The number of aromatic nitrogens is 2. The fraction of sp³-hybridized carbons (Fsp3) is 0.500. The lowest BCUT2D eigenvalue weighted by atomic mass is 10.3. The van der Waals surface area contributed by atoms with Crippen LogP contribution in [0.15, 0.2) is 18.5 Å². The quantitative estimate of drug-likeness (QED) is 0.553. The van der Waals surface area contributed by atoms with E-state index >= 15 is 0 Å². The zero-order chi connectivity index (χ0) is 6.10. The number of hydrogen-bond donors (Lipinski definition) is 0. The van der Waals surface area contributed by atoms with Gasteiger partial charge in [-0.1, -0.05) is 0 Å². The standard InChI is InChI=1S/C6H8N2O/c1-3-7-8(4-1)6-2-5-9-6/h1,3-4,6H,2,5H2. The van der Waals surface area contributed by atoms with Gasteiger partial charge in [-0.2, -0.15) is 5.10 Å². The van der Waals surface area contributed by atoms with E-state index in [1.165, 1.54) is 0 Å². The lowest BCUT2D eigenvalue weighted by molar-refractivity contribution is -0.106. The molecule has 1 aliphatic rings. The second-order valence-electron chi connectivity index (χ2n) is 2.10. The molecule has 0 spiro atoms. The molecule has 48 valence electrons. The Kier molecular flexibility index (Phi) is 1.02. The first-order valence-corrected chi connectivity index (χ1v) is 3.07. The van der Waals surface area contributed by atoms with Crippen LogP contribution in [0.2, 0.25) is 0 Å². The highest BCUT2D eigenvalue weighted by Crippen LogP contribution is 2.20. The van der Waals surface area contributed by atoms with Crippen molar-refractivity contribution in [2.45, 2.75) is 12.6 Å². The molecule has 1 saturated heterocycles. The van der Waals surface area contributed by atoms with Gasteiger partial charge in [-0.3, -0.25) is 0 Å². The summed E-state index contributed by atoms with van der Waals surface area (Å²) in [4.78, 5) is 0. The Balaban J connectivity index is 2.14. The third kappa shape index (κ3) is 0.733. The van der Waals surface area contributed by atoms with Gasteiger partial charge >= 0.3 is 0 Å². The van der Waals surface area contributed by atoms with Gasteiger partial charge in [0, 0.05) is 18.8 Å². The number of ether oxygens (including phenoxy) is 1. The van der Waals surface area contributed by atoms with Crippen molar-refractivity contribution in [2.75, 3.05) is 6.61 Å². The molecule has 0 amide bonds. The summed E-state index contributed by atoms with van der Waals surface area (Å²) in [7, 11) is 0. The Morgan fingerprint density at radius 2 is 2.56 bits per heavy atom. The fourth-order valence-electron chi connectivity index (χ4n) is 0.883. The molecule has 9 heavy (non-hydrogen) atoms. The summed E-state index contributed by atoms with van der Waals surface area (Å²) >= 11 is 0. The third-order valence-corrected chi connectivity index (χ3v) is 1.49. The van der Waals surface area contributed by atoms with E-state index in [1.807, 2.05) is 16.9 Å². The summed E-state index contributed by atoms with van der Waals surface area (Å²) in [5.41, 5.74) is 0. The van der Waals surface area contributed by atoms with Gasteiger partial charge in [0.15, 0.2) is 6.23 Å². The van der Waals surface area contributed by atoms with E-state index in [1.54, 1.807) is 6.20 Å². The van der Waals surface area contributed by atoms with Crippen LogP contribution < -0.4 is 0 Å². The van der Waals surface area contributed by atoms with Crippen molar-refractivity contribution in [2.24, 2.45) is 0 Å². The van der Waals surface area contributed by atoms with Crippen LogP contribution in [0.1, 0.15) is 12.6 Å². The average molecular weight is 124 g/mol. The Hall–Kier alpha value is -0.830. The van der Waals surface area contributed by atoms with E-state index in [0.29, 0.717) is 0 Å². The van der Waals surface area contributed by atoms with Crippen LogP contribution in [0.3, 0.4) is 0 Å². The van der Waals surface area contributed by atoms with E-state index in [9.17, 15) is 0 Å². The molecule has 3 nitrogen and oxygen atoms in total. The highest BCUT2D eigenvalue weighted by Gasteiger charge is 2.19. The minimum absolute atomic E-state index is 0.222. The molecule has 2 rings (SSSR count). The molecule has 1 aliphatic heterocycles. The summed E-state index contributed by atoms with van der Waals surface area (Å²) in [5.74, 6) is 0. The summed E-state index contributed by atoms with van der Waals surface area (Å²) < 4.78 is 7.01. The van der Waals surface area contributed by atoms with Crippen LogP contribution in [0.4, 0.5) is 0 Å². The minimum atomic E-state index is 0.222. The Morgan fingerprint density at radius 3 is 3.00 bits per heavy atom. The second-order valence-corrected chi connectivity index (χ2v) is 2.10. The molecule has 1 atom stereocenters. The molecular weight excluding hydrogens is 116 g/mol. The smallest absolute Gasteiger partial charge is 0.152 e. The summed E-state index contributed by atoms with van der Waals surface area (Å²) in [6, 6.07) is 1.90. The predicted octanol–water partition coefficient (Wildman–Crippen LogP) is 0.802. The van der Waals surface area contributed by atoms with E-state index in [2.05, 4.69) is 5.10 Å². The molecule has 2 heterocycles. The van der Waals surface area contributed by atoms with Crippen molar-refractivity contribution in [3.8, 4) is 0 Å². The molecule has 3 heteroatoms. The van der Waals surface area contributed by atoms with Gasteiger partial charge in [0.1, 0.15) is 0 Å². The van der Waals surface area contributed by atoms with Gasteiger partial charge in [-0.05, 0) is 6.07 Å². The Bertz CT molecular complexity index is 179. The van der Waals surface area contributed by atoms with Crippen LogP contribution in [0.25, 0.3) is 0 Å². The molecule has 0 aromatic carbocycles. The summed E-state index contributed by atoms with van der Waals surface area (Å²) in [6.45, 7) is 0.879. The molecule has 1 fully saturated rings. The number of hydrogen-bond acceptors (Lipinski definition) is 2. The van der Waals surface area contributed by atoms with Crippen LogP contribution >= 0.6 is 0 Å². The summed E-state index contributed by atoms with van der Waals surface area (Å²) in [5, 5.41) is 4.03. The van der Waals surface area contributed by atoms with E-state index in [-0.39, 0.29) is 6.23 Å². The molecule has 0 N–H and O–H groups in total. The molecule has 1 unspecified atom stereocenters. The maximum absolute atomic E-state index is 5.18. The van der Waals surface area contributed by atoms with Crippen LogP contribution in [-0.2, 0) is 4.74 Å². The maximum atomic E-state index is 5.18. The zero-order valence-corrected chi connectivity index (χ0v) is 5.03. The molecule has 1 aromatic rings. The van der Waals surface area contributed by atoms with Crippen molar-refractivity contribution < 1.29 is 4.74 Å². The highest BCUT2D eigenvalue weighted by molar-refractivity contribution is 4.80. The van der Waals surface area contributed by atoms with Gasteiger partial charge < -0.3 is 4.74 Å². The molecule has 0 radical (unpaired) electrons. The van der Waals surface area contributed by atoms with E-state index < -0.39 is 0 Å². The Morgan fingerprint density at radius 1 is 1.67 bits per heavy atom. The lowest BCUT2D eigenvalue weighted by Crippen LogP contribution is -2.24. The van der Waals surface area contributed by atoms with Crippen molar-refractivity contribution >= 4 is 0 Å². The second kappa shape index (κ2) is 1.84. The van der Waals surface area contributed by atoms with Crippen LogP contribution in [0.5, 0.6) is 0 Å². The monoisotopic (exact) mass is 124 g/mol. The van der Waals surface area contributed by atoms with Gasteiger partial charge in [-0.25, -0.2) is 4.68 Å². The summed E-state index contributed by atoms with van der Waals surface area (Å²) in [6.07, 6.45) is 5.01. The lowest BCUT2D eigenvalue weighted by Gasteiger charge is -2.26. The van der Waals surface area contributed by atoms with Crippen molar-refractivity contribution in [1.29, 1.82) is 0 Å². The SMILES string of the molecule is c1cnn(C2CCO2)c1. The largest absolute Gasteiger partial charge is 0.356 e. The van der Waals surface area contributed by atoms with Crippen LogP contribution in [0, 0.1) is 0 Å². The predicted molar refractivity (Wildman–Crippen MR) is 31.8 cm³/mol. The third-order valence-electron chi connectivity index (χ3n) is 1.49. The zero-order valence-electron chi connectivity index (χ0n) is 5.03. The first-order valence-electron chi connectivity index (χ1n) is 3.07. The number of rotatable bonds is 1. The van der Waals surface area contributed by atoms with Crippen molar-refractivity contribution in [1.82, 2.24) is 9.78 Å². The average Bonchev–Trinajstić information content (AvgIpc) is 2.11. The van der Waals surface area contributed by atoms with Gasteiger partial charge in [0.05, 0.1) is 6.61 Å². The van der Waals surface area contributed by atoms with E-state index in [4.69, 9.17) is 4.74 Å². The molecule has 0 saturated carbocycles. The van der Waals surface area contributed by atoms with Crippen molar-refractivity contribution in [3.05, 3.63) is 18.5 Å². The highest BCUT2D eigenvalue weighted by atomic mass is 16.5. The van der Waals surface area contributed by atoms with E-state index in [0.717, 1.165) is 13.0 Å². The van der Waals surface area contributed by atoms with Gasteiger partial charge in [0.25, 0.3) is 0 Å². The molecule has 0 bridgehead atoms. The van der Waals surface area contributed by atoms with Crippen LogP contribution in [-0.4, -0.2) is 16.4 Å². The maximum Gasteiger partial charge on any atom is 0.152 e. The fourth-order valence-corrected chi connectivity index (χ4v) is 0.883. The van der Waals surface area contributed by atoms with Gasteiger partial charge in [-0.15, -0.1) is 0 Å². The normalized spacial score (nSPS) is 25.6. The minimum Gasteiger partial charge on any atom is -0.356 e. The molecular formula is C6H8N2O. The topological polar surface area (TPSA) is 27.1 Å². The first-order chi connectivity index (χ1) is 4.47. The molecule has 0 aliphatic carbocycles. The Labute approximate surface area is 53.2 Å². The van der Waals surface area contributed by atoms with Gasteiger partial charge in [0.2, 0.25) is 0 Å². The van der Waals surface area contributed by atoms with Crippen molar-refractivity contribution in [3.63, 3.8) is 0 Å². The molecule has 1 aromatic heterocycles. The number of nitrogens with zero attached hydrogens (tertiary/aromatic N) is 2. The first kappa shape index (κ1) is 4.99.